The summed E-state index contributed by atoms with van der Waals surface area (Å²) in [5.74, 6) is -1.99. The number of aromatic carboxylic acids is 2. The van der Waals surface area contributed by atoms with Gasteiger partial charge in [0.05, 0.1) is 11.1 Å². The molecule has 0 aliphatic carbocycles. The summed E-state index contributed by atoms with van der Waals surface area (Å²) in [4.78, 5) is 23.5. The highest BCUT2D eigenvalue weighted by Crippen LogP contribution is 2.42. The largest absolute Gasteiger partial charge is 0.478 e. The summed E-state index contributed by atoms with van der Waals surface area (Å²) in [5, 5.41) is 25.8. The van der Waals surface area contributed by atoms with Gasteiger partial charge in [0, 0.05) is 5.39 Å². The average molecular weight is 340 g/mol. The predicted octanol–water partition coefficient (Wildman–Crippen LogP) is 5.13. The monoisotopic (exact) mass is 340 g/mol. The van der Waals surface area contributed by atoms with Crippen LogP contribution in [0.4, 0.5) is 0 Å². The molecule has 0 saturated heterocycles. The Morgan fingerprint density at radius 3 is 1.92 bits per heavy atom. The zero-order valence-corrected chi connectivity index (χ0v) is 13.5. The number of carboxylic acid groups (broad SMARTS) is 2. The minimum absolute atomic E-state index is 0.217. The second-order valence-corrected chi connectivity index (χ2v) is 6.39. The van der Waals surface area contributed by atoms with Crippen LogP contribution in [0.3, 0.4) is 0 Å². The maximum Gasteiger partial charge on any atom is 0.336 e. The van der Waals surface area contributed by atoms with Gasteiger partial charge in [0.2, 0.25) is 0 Å². The third-order valence-electron chi connectivity index (χ3n) is 5.11. The van der Waals surface area contributed by atoms with Crippen LogP contribution in [0.2, 0.25) is 0 Å². The standard InChI is InChI=1S/C22H12O4/c23-21(24)15-10-9-14-12-4-1-3-11-7-8-17(22(25)26)20(18(11)12)16-6-2-5-13(15)19(14)16/h1-10H,(H,23,24)(H,25,26). The summed E-state index contributed by atoms with van der Waals surface area (Å²) in [5.41, 5.74) is 0.442. The fourth-order valence-corrected chi connectivity index (χ4v) is 4.09. The van der Waals surface area contributed by atoms with Gasteiger partial charge < -0.3 is 10.2 Å². The van der Waals surface area contributed by atoms with Crippen LogP contribution in [-0.2, 0) is 0 Å². The average Bonchev–Trinajstić information content (AvgIpc) is 2.64. The van der Waals surface area contributed by atoms with Crippen molar-refractivity contribution in [2.75, 3.05) is 0 Å². The van der Waals surface area contributed by atoms with E-state index < -0.39 is 11.9 Å². The van der Waals surface area contributed by atoms with Gasteiger partial charge in [0.1, 0.15) is 0 Å². The third kappa shape index (κ3) is 1.73. The molecule has 5 aromatic rings. The molecule has 5 rings (SSSR count). The molecule has 4 heteroatoms. The first-order valence-corrected chi connectivity index (χ1v) is 8.16. The lowest BCUT2D eigenvalue weighted by Gasteiger charge is -2.16. The Balaban J connectivity index is 2.21. The molecule has 26 heavy (non-hydrogen) atoms. The van der Waals surface area contributed by atoms with E-state index in [1.807, 2.05) is 36.4 Å². The molecular formula is C22H12O4. The van der Waals surface area contributed by atoms with Crippen molar-refractivity contribution in [2.45, 2.75) is 0 Å². The Morgan fingerprint density at radius 2 is 1.15 bits per heavy atom. The third-order valence-corrected chi connectivity index (χ3v) is 5.11. The lowest BCUT2D eigenvalue weighted by atomic mass is 9.86. The van der Waals surface area contributed by atoms with Crippen LogP contribution in [0.15, 0.2) is 60.7 Å². The highest BCUT2D eigenvalue weighted by atomic mass is 16.4. The highest BCUT2D eigenvalue weighted by Gasteiger charge is 2.20. The van der Waals surface area contributed by atoms with Crippen molar-refractivity contribution < 1.29 is 19.8 Å². The summed E-state index contributed by atoms with van der Waals surface area (Å²) in [6.45, 7) is 0. The van der Waals surface area contributed by atoms with Gasteiger partial charge in [0.15, 0.2) is 0 Å². The van der Waals surface area contributed by atoms with Gasteiger partial charge in [0.25, 0.3) is 0 Å². The molecule has 0 fully saturated rings. The molecule has 0 aliphatic heterocycles. The molecule has 0 saturated carbocycles. The Labute approximate surface area is 147 Å². The van der Waals surface area contributed by atoms with Crippen molar-refractivity contribution in [2.24, 2.45) is 0 Å². The molecule has 0 aliphatic rings. The molecule has 0 radical (unpaired) electrons. The van der Waals surface area contributed by atoms with Crippen molar-refractivity contribution in [3.05, 3.63) is 71.8 Å². The molecule has 0 unspecified atom stereocenters. The van der Waals surface area contributed by atoms with E-state index in [1.54, 1.807) is 24.3 Å². The zero-order valence-electron chi connectivity index (χ0n) is 13.5. The zero-order chi connectivity index (χ0) is 18.0. The number of rotatable bonds is 2. The highest BCUT2D eigenvalue weighted by molar-refractivity contribution is 6.36. The summed E-state index contributed by atoms with van der Waals surface area (Å²) in [6, 6.07) is 18.2. The minimum atomic E-state index is -0.996. The van der Waals surface area contributed by atoms with Crippen molar-refractivity contribution >= 4 is 55.0 Å². The van der Waals surface area contributed by atoms with Gasteiger partial charge in [-0.25, -0.2) is 9.59 Å². The van der Waals surface area contributed by atoms with Crippen molar-refractivity contribution in [1.29, 1.82) is 0 Å². The minimum Gasteiger partial charge on any atom is -0.478 e. The maximum atomic E-state index is 11.9. The van der Waals surface area contributed by atoms with Gasteiger partial charge in [-0.15, -0.1) is 0 Å². The molecule has 0 bridgehead atoms. The molecule has 0 heterocycles. The van der Waals surface area contributed by atoms with Crippen LogP contribution >= 0.6 is 0 Å². The van der Waals surface area contributed by atoms with Gasteiger partial charge >= 0.3 is 11.9 Å². The summed E-state index contributed by atoms with van der Waals surface area (Å²) in [7, 11) is 0. The predicted molar refractivity (Wildman–Crippen MR) is 102 cm³/mol. The molecule has 0 spiro atoms. The number of hydrogen-bond donors (Lipinski definition) is 2. The summed E-state index contributed by atoms with van der Waals surface area (Å²) in [6.07, 6.45) is 0. The number of fused-ring (bicyclic) bond motifs is 2. The molecule has 124 valence electrons. The van der Waals surface area contributed by atoms with E-state index in [1.165, 1.54) is 0 Å². The summed E-state index contributed by atoms with van der Waals surface area (Å²) < 4.78 is 0. The molecular weight excluding hydrogens is 328 g/mol. The van der Waals surface area contributed by atoms with Crippen molar-refractivity contribution in [3.8, 4) is 0 Å². The maximum absolute atomic E-state index is 11.9. The van der Waals surface area contributed by atoms with Crippen LogP contribution in [0.25, 0.3) is 43.1 Å². The van der Waals surface area contributed by atoms with Crippen LogP contribution in [-0.4, -0.2) is 22.2 Å². The van der Waals surface area contributed by atoms with E-state index in [2.05, 4.69) is 0 Å². The van der Waals surface area contributed by atoms with E-state index in [4.69, 9.17) is 0 Å². The normalized spacial score (nSPS) is 11.7. The number of hydrogen-bond acceptors (Lipinski definition) is 2. The smallest absolute Gasteiger partial charge is 0.336 e. The van der Waals surface area contributed by atoms with Gasteiger partial charge in [-0.3, -0.25) is 0 Å². The SMILES string of the molecule is O=C(O)c1ccc2c3cccc4ccc(C(=O)O)c(c5cccc1c25)c43. The lowest BCUT2D eigenvalue weighted by Crippen LogP contribution is -2.01. The first-order chi connectivity index (χ1) is 12.6. The second kappa shape index (κ2) is 4.92. The van der Waals surface area contributed by atoms with Crippen molar-refractivity contribution in [3.63, 3.8) is 0 Å². The van der Waals surface area contributed by atoms with Crippen LogP contribution < -0.4 is 0 Å². The summed E-state index contributed by atoms with van der Waals surface area (Å²) >= 11 is 0. The Bertz CT molecular complexity index is 1380. The number of benzene rings is 5. The van der Waals surface area contributed by atoms with Gasteiger partial charge in [-0.05, 0) is 49.8 Å². The Morgan fingerprint density at radius 1 is 0.538 bits per heavy atom. The lowest BCUT2D eigenvalue weighted by molar-refractivity contribution is 0.0688. The first kappa shape index (κ1) is 14.7. The molecule has 0 amide bonds. The second-order valence-electron chi connectivity index (χ2n) is 6.39. The van der Waals surface area contributed by atoms with E-state index in [9.17, 15) is 19.8 Å². The van der Waals surface area contributed by atoms with Crippen LogP contribution in [0.1, 0.15) is 20.7 Å². The molecule has 0 atom stereocenters. The fourth-order valence-electron chi connectivity index (χ4n) is 4.09. The van der Waals surface area contributed by atoms with E-state index in [0.717, 1.165) is 32.3 Å². The van der Waals surface area contributed by atoms with E-state index in [-0.39, 0.29) is 11.1 Å². The number of carboxylic acids is 2. The molecule has 4 nitrogen and oxygen atoms in total. The van der Waals surface area contributed by atoms with Gasteiger partial charge in [-0.2, -0.15) is 0 Å². The molecule has 5 aromatic carbocycles. The van der Waals surface area contributed by atoms with Gasteiger partial charge in [-0.1, -0.05) is 48.5 Å². The molecule has 0 aromatic heterocycles. The molecule has 2 N–H and O–H groups in total. The quantitative estimate of drug-likeness (QED) is 0.345. The van der Waals surface area contributed by atoms with Crippen LogP contribution in [0.5, 0.6) is 0 Å². The van der Waals surface area contributed by atoms with E-state index in [0.29, 0.717) is 10.8 Å². The Kier molecular flexibility index (Phi) is 2.78. The topological polar surface area (TPSA) is 74.6 Å². The Hall–Kier alpha value is -3.66. The van der Waals surface area contributed by atoms with Crippen LogP contribution in [0, 0.1) is 0 Å². The number of carbonyl (C=O) groups is 2. The van der Waals surface area contributed by atoms with Crippen molar-refractivity contribution in [1.82, 2.24) is 0 Å². The first-order valence-electron chi connectivity index (χ1n) is 8.16. The van der Waals surface area contributed by atoms with E-state index >= 15 is 0 Å². The fraction of sp³-hybridized carbons (Fsp3) is 0.